The smallest absolute Gasteiger partial charge is 0.231 e. The van der Waals surface area contributed by atoms with Crippen molar-refractivity contribution in [2.75, 3.05) is 17.3 Å². The van der Waals surface area contributed by atoms with Gasteiger partial charge in [0.15, 0.2) is 0 Å². The summed E-state index contributed by atoms with van der Waals surface area (Å²) in [5.41, 5.74) is 5.87. The highest BCUT2D eigenvalue weighted by Gasteiger charge is 2.24. The molecule has 0 fully saturated rings. The lowest BCUT2D eigenvalue weighted by Crippen LogP contribution is -2.20. The summed E-state index contributed by atoms with van der Waals surface area (Å²) in [6.07, 6.45) is 0.719. The average Bonchev–Trinajstić information content (AvgIpc) is 2.77. The molecule has 3 rings (SSSR count). The van der Waals surface area contributed by atoms with Gasteiger partial charge in [-0.2, -0.15) is 0 Å². The molecule has 2 amide bonds. The lowest BCUT2D eigenvalue weighted by molar-refractivity contribution is -0.117. The molecule has 2 aromatic carbocycles. The minimum atomic E-state index is -0.0451. The van der Waals surface area contributed by atoms with E-state index >= 15 is 0 Å². The van der Waals surface area contributed by atoms with Crippen LogP contribution in [0.25, 0.3) is 0 Å². The standard InChI is InChI=1S/C19H20N2O2/c1-12-4-5-13(2)16(8-12)20-18(22)10-14-6-7-17-15(9-14)11-19(23)21(17)3/h4-9H,10-11H2,1-3H3,(H,20,22). The summed E-state index contributed by atoms with van der Waals surface area (Å²) in [5.74, 6) is 0.0494. The topological polar surface area (TPSA) is 49.4 Å². The van der Waals surface area contributed by atoms with Crippen molar-refractivity contribution in [2.24, 2.45) is 0 Å². The molecule has 1 aliphatic rings. The molecule has 0 unspecified atom stereocenters. The van der Waals surface area contributed by atoms with Crippen molar-refractivity contribution in [1.82, 2.24) is 0 Å². The van der Waals surface area contributed by atoms with Gasteiger partial charge in [0.05, 0.1) is 12.8 Å². The zero-order valence-electron chi connectivity index (χ0n) is 13.6. The molecule has 0 saturated heterocycles. The molecule has 2 aromatic rings. The Labute approximate surface area is 136 Å². The molecular formula is C19H20N2O2. The Hall–Kier alpha value is -2.62. The van der Waals surface area contributed by atoms with Gasteiger partial charge in [0.25, 0.3) is 0 Å². The number of likely N-dealkylation sites (N-methyl/N-ethyl adjacent to an activating group) is 1. The third kappa shape index (κ3) is 3.11. The molecule has 23 heavy (non-hydrogen) atoms. The van der Waals surface area contributed by atoms with E-state index in [0.717, 1.165) is 33.6 Å². The molecule has 118 valence electrons. The first-order chi connectivity index (χ1) is 10.9. The quantitative estimate of drug-likeness (QED) is 0.947. The van der Waals surface area contributed by atoms with Crippen LogP contribution in [0.5, 0.6) is 0 Å². The summed E-state index contributed by atoms with van der Waals surface area (Å²) in [6.45, 7) is 3.98. The van der Waals surface area contributed by atoms with E-state index < -0.39 is 0 Å². The number of carbonyl (C=O) groups excluding carboxylic acids is 2. The van der Waals surface area contributed by atoms with E-state index in [2.05, 4.69) is 5.32 Å². The minimum absolute atomic E-state index is 0.0451. The molecule has 1 N–H and O–H groups in total. The molecule has 0 spiro atoms. The molecule has 0 saturated carbocycles. The Morgan fingerprint density at radius 3 is 2.74 bits per heavy atom. The Balaban J connectivity index is 1.73. The van der Waals surface area contributed by atoms with Gasteiger partial charge in [-0.15, -0.1) is 0 Å². The van der Waals surface area contributed by atoms with Crippen LogP contribution in [0, 0.1) is 13.8 Å². The van der Waals surface area contributed by atoms with Gasteiger partial charge in [0.1, 0.15) is 0 Å². The van der Waals surface area contributed by atoms with Crippen LogP contribution in [0.3, 0.4) is 0 Å². The van der Waals surface area contributed by atoms with E-state index in [4.69, 9.17) is 0 Å². The summed E-state index contributed by atoms with van der Waals surface area (Å²) < 4.78 is 0. The summed E-state index contributed by atoms with van der Waals surface area (Å²) in [5, 5.41) is 2.97. The van der Waals surface area contributed by atoms with Crippen LogP contribution in [0.15, 0.2) is 36.4 Å². The monoisotopic (exact) mass is 308 g/mol. The van der Waals surface area contributed by atoms with E-state index in [0.29, 0.717) is 12.8 Å². The fraction of sp³-hybridized carbons (Fsp3) is 0.263. The van der Waals surface area contributed by atoms with Crippen LogP contribution in [-0.2, 0) is 22.4 Å². The van der Waals surface area contributed by atoms with Crippen LogP contribution >= 0.6 is 0 Å². The lowest BCUT2D eigenvalue weighted by atomic mass is 10.1. The number of hydrogen-bond donors (Lipinski definition) is 1. The van der Waals surface area contributed by atoms with Crippen LogP contribution in [-0.4, -0.2) is 18.9 Å². The van der Waals surface area contributed by atoms with Crippen LogP contribution < -0.4 is 10.2 Å². The van der Waals surface area contributed by atoms with E-state index in [1.165, 1.54) is 0 Å². The third-order valence-corrected chi connectivity index (χ3v) is 4.25. The number of hydrogen-bond acceptors (Lipinski definition) is 2. The average molecular weight is 308 g/mol. The molecule has 0 aromatic heterocycles. The highest BCUT2D eigenvalue weighted by atomic mass is 16.2. The van der Waals surface area contributed by atoms with Gasteiger partial charge in [0.2, 0.25) is 11.8 Å². The number of fused-ring (bicyclic) bond motifs is 1. The number of amides is 2. The van der Waals surface area contributed by atoms with E-state index in [1.807, 2.05) is 50.2 Å². The Morgan fingerprint density at radius 2 is 1.96 bits per heavy atom. The van der Waals surface area contributed by atoms with Crippen molar-refractivity contribution >= 4 is 23.2 Å². The van der Waals surface area contributed by atoms with Gasteiger partial charge in [-0.3, -0.25) is 9.59 Å². The number of anilines is 2. The number of nitrogens with one attached hydrogen (secondary N) is 1. The van der Waals surface area contributed by atoms with Crippen molar-refractivity contribution in [3.05, 3.63) is 58.7 Å². The van der Waals surface area contributed by atoms with Gasteiger partial charge >= 0.3 is 0 Å². The lowest BCUT2D eigenvalue weighted by Gasteiger charge is -2.11. The van der Waals surface area contributed by atoms with E-state index in [9.17, 15) is 9.59 Å². The highest BCUT2D eigenvalue weighted by molar-refractivity contribution is 6.01. The van der Waals surface area contributed by atoms with Crippen LogP contribution in [0.4, 0.5) is 11.4 Å². The van der Waals surface area contributed by atoms with E-state index in [1.54, 1.807) is 11.9 Å². The molecule has 4 nitrogen and oxygen atoms in total. The van der Waals surface area contributed by atoms with Gasteiger partial charge in [-0.1, -0.05) is 24.3 Å². The van der Waals surface area contributed by atoms with Gasteiger partial charge < -0.3 is 10.2 Å². The zero-order chi connectivity index (χ0) is 16.6. The molecule has 1 aliphatic heterocycles. The van der Waals surface area contributed by atoms with Gasteiger partial charge in [-0.25, -0.2) is 0 Å². The maximum absolute atomic E-state index is 12.3. The first-order valence-corrected chi connectivity index (χ1v) is 7.69. The zero-order valence-corrected chi connectivity index (χ0v) is 13.6. The number of nitrogens with zero attached hydrogens (tertiary/aromatic N) is 1. The molecule has 0 aliphatic carbocycles. The second-order valence-electron chi connectivity index (χ2n) is 6.14. The van der Waals surface area contributed by atoms with Crippen LogP contribution in [0.1, 0.15) is 22.3 Å². The molecule has 0 atom stereocenters. The summed E-state index contributed by atoms with van der Waals surface area (Å²) in [7, 11) is 1.78. The normalized spacial score (nSPS) is 13.2. The number of benzene rings is 2. The SMILES string of the molecule is Cc1ccc(C)c(NC(=O)Cc2ccc3c(c2)CC(=O)N3C)c1. The number of rotatable bonds is 3. The van der Waals surface area contributed by atoms with Crippen molar-refractivity contribution < 1.29 is 9.59 Å². The van der Waals surface area contributed by atoms with E-state index in [-0.39, 0.29) is 11.8 Å². The van der Waals surface area contributed by atoms with Crippen molar-refractivity contribution in [2.45, 2.75) is 26.7 Å². The number of carbonyl (C=O) groups is 2. The van der Waals surface area contributed by atoms with Crippen LogP contribution in [0.2, 0.25) is 0 Å². The minimum Gasteiger partial charge on any atom is -0.326 e. The predicted octanol–water partition coefficient (Wildman–Crippen LogP) is 3.00. The molecular weight excluding hydrogens is 288 g/mol. The molecule has 0 bridgehead atoms. The van der Waals surface area contributed by atoms with Crippen molar-refractivity contribution in [3.63, 3.8) is 0 Å². The predicted molar refractivity (Wildman–Crippen MR) is 91.8 cm³/mol. The Bertz CT molecular complexity index is 796. The number of aryl methyl sites for hydroxylation is 2. The third-order valence-electron chi connectivity index (χ3n) is 4.25. The fourth-order valence-corrected chi connectivity index (χ4v) is 2.88. The highest BCUT2D eigenvalue weighted by Crippen LogP contribution is 2.28. The largest absolute Gasteiger partial charge is 0.326 e. The summed E-state index contributed by atoms with van der Waals surface area (Å²) >= 11 is 0. The summed E-state index contributed by atoms with van der Waals surface area (Å²) in [6, 6.07) is 11.8. The summed E-state index contributed by atoms with van der Waals surface area (Å²) in [4.78, 5) is 25.7. The second kappa shape index (κ2) is 5.88. The Morgan fingerprint density at radius 1 is 1.17 bits per heavy atom. The Kier molecular flexibility index (Phi) is 3.90. The fourth-order valence-electron chi connectivity index (χ4n) is 2.88. The molecule has 1 heterocycles. The maximum atomic E-state index is 12.3. The molecule has 0 radical (unpaired) electrons. The van der Waals surface area contributed by atoms with Crippen molar-refractivity contribution in [1.29, 1.82) is 0 Å². The first-order valence-electron chi connectivity index (χ1n) is 7.69. The van der Waals surface area contributed by atoms with Gasteiger partial charge in [0, 0.05) is 18.4 Å². The first kappa shape index (κ1) is 15.3. The second-order valence-corrected chi connectivity index (χ2v) is 6.14. The van der Waals surface area contributed by atoms with Crippen molar-refractivity contribution in [3.8, 4) is 0 Å². The van der Waals surface area contributed by atoms with Gasteiger partial charge in [-0.05, 0) is 48.2 Å². The molecule has 4 heteroatoms. The maximum Gasteiger partial charge on any atom is 0.231 e.